The first-order chi connectivity index (χ1) is 9.38. The number of hydrogen-bond donors (Lipinski definition) is 2. The molecule has 0 radical (unpaired) electrons. The van der Waals surface area contributed by atoms with E-state index in [1.54, 1.807) is 30.1 Å². The van der Waals surface area contributed by atoms with Gasteiger partial charge in [0.25, 0.3) is 0 Å². The SMILES string of the molecule is CC(Cn1cccn1)NS(=O)(=O)c1cc(F)ccc1N. The molecule has 8 heteroatoms. The molecule has 20 heavy (non-hydrogen) atoms. The lowest BCUT2D eigenvalue weighted by Crippen LogP contribution is -2.36. The van der Waals surface area contributed by atoms with Crippen molar-refractivity contribution in [3.05, 3.63) is 42.5 Å². The highest BCUT2D eigenvalue weighted by atomic mass is 32.2. The first-order valence-corrected chi connectivity index (χ1v) is 7.41. The Morgan fingerprint density at radius 2 is 2.25 bits per heavy atom. The van der Waals surface area contributed by atoms with E-state index in [1.165, 1.54) is 6.07 Å². The largest absolute Gasteiger partial charge is 0.398 e. The van der Waals surface area contributed by atoms with Crippen LogP contribution in [0, 0.1) is 5.82 Å². The average Bonchev–Trinajstić information content (AvgIpc) is 2.84. The second kappa shape index (κ2) is 5.59. The van der Waals surface area contributed by atoms with Crippen LogP contribution in [0.4, 0.5) is 10.1 Å². The summed E-state index contributed by atoms with van der Waals surface area (Å²) in [4.78, 5) is -0.259. The van der Waals surface area contributed by atoms with Gasteiger partial charge in [-0.05, 0) is 31.2 Å². The molecule has 0 bridgehead atoms. The Kier molecular flexibility index (Phi) is 4.05. The summed E-state index contributed by atoms with van der Waals surface area (Å²) in [5, 5.41) is 3.99. The monoisotopic (exact) mass is 298 g/mol. The second-order valence-electron chi connectivity index (χ2n) is 4.43. The van der Waals surface area contributed by atoms with Gasteiger partial charge in [-0.3, -0.25) is 4.68 Å². The molecule has 0 aliphatic heterocycles. The summed E-state index contributed by atoms with van der Waals surface area (Å²) in [6.07, 6.45) is 3.33. The van der Waals surface area contributed by atoms with E-state index in [-0.39, 0.29) is 10.6 Å². The topological polar surface area (TPSA) is 90.0 Å². The molecule has 2 aromatic rings. The molecule has 1 atom stereocenters. The molecule has 1 heterocycles. The molecule has 2 rings (SSSR count). The van der Waals surface area contributed by atoms with Gasteiger partial charge in [0.15, 0.2) is 0 Å². The number of aromatic nitrogens is 2. The normalized spacial score (nSPS) is 13.3. The predicted molar refractivity (Wildman–Crippen MR) is 72.8 cm³/mol. The van der Waals surface area contributed by atoms with E-state index in [2.05, 4.69) is 9.82 Å². The maximum atomic E-state index is 13.2. The van der Waals surface area contributed by atoms with Crippen molar-refractivity contribution in [2.45, 2.75) is 24.4 Å². The second-order valence-corrected chi connectivity index (χ2v) is 6.11. The van der Waals surface area contributed by atoms with Crippen LogP contribution in [0.2, 0.25) is 0 Å². The van der Waals surface area contributed by atoms with Crippen molar-refractivity contribution in [1.82, 2.24) is 14.5 Å². The zero-order chi connectivity index (χ0) is 14.8. The van der Waals surface area contributed by atoms with Gasteiger partial charge in [-0.15, -0.1) is 0 Å². The van der Waals surface area contributed by atoms with Crippen LogP contribution in [0.15, 0.2) is 41.6 Å². The number of sulfonamides is 1. The van der Waals surface area contributed by atoms with Gasteiger partial charge >= 0.3 is 0 Å². The number of halogens is 1. The van der Waals surface area contributed by atoms with E-state index in [1.807, 2.05) is 0 Å². The third-order valence-corrected chi connectivity index (χ3v) is 4.29. The maximum absolute atomic E-state index is 13.2. The zero-order valence-electron chi connectivity index (χ0n) is 10.8. The van der Waals surface area contributed by atoms with Crippen molar-refractivity contribution >= 4 is 15.7 Å². The molecule has 0 aliphatic rings. The number of nitrogen functional groups attached to an aromatic ring is 1. The number of nitrogens with two attached hydrogens (primary N) is 1. The molecule has 0 saturated carbocycles. The molecule has 3 N–H and O–H groups in total. The van der Waals surface area contributed by atoms with Gasteiger partial charge in [-0.25, -0.2) is 17.5 Å². The van der Waals surface area contributed by atoms with E-state index in [4.69, 9.17) is 5.73 Å². The summed E-state index contributed by atoms with van der Waals surface area (Å²) < 4.78 is 41.5. The highest BCUT2D eigenvalue weighted by Crippen LogP contribution is 2.19. The molecule has 0 saturated heterocycles. The molecule has 0 aliphatic carbocycles. The Bertz CT molecular complexity index is 685. The van der Waals surface area contributed by atoms with E-state index >= 15 is 0 Å². The van der Waals surface area contributed by atoms with Crippen LogP contribution < -0.4 is 10.5 Å². The van der Waals surface area contributed by atoms with Crippen LogP contribution >= 0.6 is 0 Å². The molecule has 1 aromatic carbocycles. The van der Waals surface area contributed by atoms with Crippen molar-refractivity contribution in [3.63, 3.8) is 0 Å². The van der Waals surface area contributed by atoms with E-state index < -0.39 is 21.9 Å². The van der Waals surface area contributed by atoms with Crippen molar-refractivity contribution < 1.29 is 12.8 Å². The number of hydrogen-bond acceptors (Lipinski definition) is 4. The van der Waals surface area contributed by atoms with E-state index in [9.17, 15) is 12.8 Å². The van der Waals surface area contributed by atoms with Crippen molar-refractivity contribution in [3.8, 4) is 0 Å². The number of nitrogens with one attached hydrogen (secondary N) is 1. The highest BCUT2D eigenvalue weighted by Gasteiger charge is 2.21. The molecule has 108 valence electrons. The molecular formula is C12H15FN4O2S. The Morgan fingerprint density at radius 3 is 2.90 bits per heavy atom. The zero-order valence-corrected chi connectivity index (χ0v) is 11.6. The van der Waals surface area contributed by atoms with Gasteiger partial charge in [-0.2, -0.15) is 5.10 Å². The predicted octanol–water partition coefficient (Wildman–Crippen LogP) is 0.971. The lowest BCUT2D eigenvalue weighted by Gasteiger charge is -2.15. The summed E-state index contributed by atoms with van der Waals surface area (Å²) in [6.45, 7) is 2.05. The Hall–Kier alpha value is -1.93. The lowest BCUT2D eigenvalue weighted by molar-refractivity contribution is 0.493. The quantitative estimate of drug-likeness (QED) is 0.805. The van der Waals surface area contributed by atoms with Crippen molar-refractivity contribution in [1.29, 1.82) is 0 Å². The highest BCUT2D eigenvalue weighted by molar-refractivity contribution is 7.89. The fourth-order valence-corrected chi connectivity index (χ4v) is 3.17. The Morgan fingerprint density at radius 1 is 1.50 bits per heavy atom. The molecular weight excluding hydrogens is 283 g/mol. The molecule has 1 aromatic heterocycles. The first kappa shape index (κ1) is 14.5. The number of benzene rings is 1. The summed E-state index contributed by atoms with van der Waals surface area (Å²) >= 11 is 0. The summed E-state index contributed by atoms with van der Waals surface area (Å²) in [6, 6.07) is 4.57. The minimum atomic E-state index is -3.87. The van der Waals surface area contributed by atoms with Gasteiger partial charge in [0.05, 0.1) is 12.2 Å². The molecule has 1 unspecified atom stereocenters. The van der Waals surface area contributed by atoms with Crippen LogP contribution in [-0.4, -0.2) is 24.2 Å². The van der Waals surface area contributed by atoms with Crippen LogP contribution in [0.1, 0.15) is 6.92 Å². The van der Waals surface area contributed by atoms with Crippen LogP contribution in [0.5, 0.6) is 0 Å². The molecule has 0 amide bonds. The molecule has 0 fully saturated rings. The van der Waals surface area contributed by atoms with Crippen LogP contribution in [0.3, 0.4) is 0 Å². The fraction of sp³-hybridized carbons (Fsp3) is 0.250. The Labute approximate surface area is 116 Å². The van der Waals surface area contributed by atoms with Gasteiger partial charge in [0, 0.05) is 18.4 Å². The number of anilines is 1. The fourth-order valence-electron chi connectivity index (χ4n) is 1.80. The van der Waals surface area contributed by atoms with Crippen LogP contribution in [-0.2, 0) is 16.6 Å². The van der Waals surface area contributed by atoms with Gasteiger partial charge < -0.3 is 5.73 Å². The summed E-state index contributed by atoms with van der Waals surface area (Å²) in [7, 11) is -3.87. The minimum absolute atomic E-state index is 0.00480. The van der Waals surface area contributed by atoms with Gasteiger partial charge in [-0.1, -0.05) is 0 Å². The number of nitrogens with zero attached hydrogens (tertiary/aromatic N) is 2. The minimum Gasteiger partial charge on any atom is -0.398 e. The third kappa shape index (κ3) is 3.34. The first-order valence-electron chi connectivity index (χ1n) is 5.93. The maximum Gasteiger partial charge on any atom is 0.243 e. The smallest absolute Gasteiger partial charge is 0.243 e. The lowest BCUT2D eigenvalue weighted by atomic mass is 10.3. The molecule has 6 nitrogen and oxygen atoms in total. The standard InChI is InChI=1S/C12H15FN4O2S/c1-9(8-17-6-2-5-15-17)16-20(18,19)12-7-10(13)3-4-11(12)14/h2-7,9,16H,8,14H2,1H3. The van der Waals surface area contributed by atoms with E-state index in [0.29, 0.717) is 6.54 Å². The van der Waals surface area contributed by atoms with Crippen molar-refractivity contribution in [2.75, 3.05) is 5.73 Å². The van der Waals surface area contributed by atoms with E-state index in [0.717, 1.165) is 12.1 Å². The van der Waals surface area contributed by atoms with Crippen LogP contribution in [0.25, 0.3) is 0 Å². The molecule has 0 spiro atoms. The van der Waals surface area contributed by atoms with Gasteiger partial charge in [0.1, 0.15) is 10.7 Å². The summed E-state index contributed by atoms with van der Waals surface area (Å²) in [5.41, 5.74) is 5.59. The average molecular weight is 298 g/mol. The van der Waals surface area contributed by atoms with Gasteiger partial charge in [0.2, 0.25) is 10.0 Å². The van der Waals surface area contributed by atoms with Crippen molar-refractivity contribution in [2.24, 2.45) is 0 Å². The summed E-state index contributed by atoms with van der Waals surface area (Å²) in [5.74, 6) is -0.653. The Balaban J connectivity index is 2.16. The third-order valence-electron chi connectivity index (χ3n) is 2.64. The number of rotatable bonds is 5.